The number of likely N-dealkylation sites (N-methyl/N-ethyl adjacent to an activating group) is 1. The van der Waals surface area contributed by atoms with Crippen LogP contribution in [0.25, 0.3) is 0 Å². The number of imide groups is 1. The van der Waals surface area contributed by atoms with Gasteiger partial charge in [-0.15, -0.1) is 0 Å². The second kappa shape index (κ2) is 6.34. The zero-order valence-corrected chi connectivity index (χ0v) is 16.2. The van der Waals surface area contributed by atoms with Gasteiger partial charge in [0.05, 0.1) is 12.6 Å². The summed E-state index contributed by atoms with van der Waals surface area (Å²) in [5.41, 5.74) is 2.01. The van der Waals surface area contributed by atoms with Gasteiger partial charge in [-0.25, -0.2) is 18.8 Å². The normalized spacial score (nSPS) is 20.2. The average Bonchev–Trinajstić information content (AvgIpc) is 3.08. The SMILES string of the molecule is CCCC[n+]1c(C)c(C)n2c1N=C1C2C(=O)N(C(C)C(C)=O)C(=O)N1C. The van der Waals surface area contributed by atoms with Crippen LogP contribution < -0.4 is 4.57 Å². The van der Waals surface area contributed by atoms with E-state index in [-0.39, 0.29) is 5.78 Å². The number of nitrogens with zero attached hydrogens (tertiary/aromatic N) is 5. The fraction of sp³-hybridized carbons (Fsp3) is 0.611. The Labute approximate surface area is 153 Å². The summed E-state index contributed by atoms with van der Waals surface area (Å²) in [5.74, 6) is 0.500. The Kier molecular flexibility index (Phi) is 4.46. The monoisotopic (exact) mass is 360 g/mol. The molecule has 2 aliphatic rings. The van der Waals surface area contributed by atoms with Crippen molar-refractivity contribution in [3.05, 3.63) is 11.4 Å². The number of unbranched alkanes of at least 4 members (excludes halogenated alkanes) is 1. The van der Waals surface area contributed by atoms with Gasteiger partial charge in [-0.1, -0.05) is 18.3 Å². The first kappa shape index (κ1) is 18.3. The predicted molar refractivity (Wildman–Crippen MR) is 95.3 cm³/mol. The molecule has 140 valence electrons. The minimum atomic E-state index is -0.799. The molecule has 26 heavy (non-hydrogen) atoms. The number of hydrogen-bond acceptors (Lipinski definition) is 4. The van der Waals surface area contributed by atoms with Crippen LogP contribution in [-0.2, 0) is 16.1 Å². The maximum absolute atomic E-state index is 13.2. The van der Waals surface area contributed by atoms with E-state index < -0.39 is 24.0 Å². The lowest BCUT2D eigenvalue weighted by Crippen LogP contribution is -2.61. The molecular formula is C18H26N5O3+. The molecule has 2 unspecified atom stereocenters. The number of aliphatic imine (C=N–C) groups is 1. The summed E-state index contributed by atoms with van der Waals surface area (Å²) < 4.78 is 4.00. The van der Waals surface area contributed by atoms with Gasteiger partial charge >= 0.3 is 12.0 Å². The van der Waals surface area contributed by atoms with Crippen molar-refractivity contribution in [2.75, 3.05) is 7.05 Å². The summed E-state index contributed by atoms with van der Waals surface area (Å²) in [4.78, 5) is 44.8. The first-order valence-electron chi connectivity index (χ1n) is 9.03. The van der Waals surface area contributed by atoms with Crippen LogP contribution in [0.3, 0.4) is 0 Å². The molecule has 3 amide bonds. The molecular weight excluding hydrogens is 334 g/mol. The predicted octanol–water partition coefficient (Wildman–Crippen LogP) is 1.65. The molecule has 2 aliphatic heterocycles. The molecule has 2 atom stereocenters. The van der Waals surface area contributed by atoms with Crippen molar-refractivity contribution in [1.29, 1.82) is 0 Å². The molecule has 8 nitrogen and oxygen atoms in total. The highest BCUT2D eigenvalue weighted by atomic mass is 16.2. The highest BCUT2D eigenvalue weighted by Gasteiger charge is 2.55. The van der Waals surface area contributed by atoms with Gasteiger partial charge in [-0.05, 0) is 34.1 Å². The highest BCUT2D eigenvalue weighted by Crippen LogP contribution is 2.35. The van der Waals surface area contributed by atoms with Gasteiger partial charge in [-0.2, -0.15) is 0 Å². The van der Waals surface area contributed by atoms with E-state index in [1.165, 1.54) is 11.8 Å². The number of aromatic nitrogens is 2. The van der Waals surface area contributed by atoms with E-state index in [1.54, 1.807) is 14.0 Å². The second-order valence-corrected chi connectivity index (χ2v) is 7.06. The fourth-order valence-corrected chi connectivity index (χ4v) is 3.59. The quantitative estimate of drug-likeness (QED) is 0.749. The topological polar surface area (TPSA) is 78.9 Å². The molecule has 1 aromatic rings. The standard InChI is InChI=1S/C18H26N5O3/c1-7-8-9-21-10(2)11(3)22-14-15(19-17(21)22)20(6)18(26)23(16(14)25)12(4)13(5)24/h12,14H,7-9H2,1-6H3/q+1. The first-order valence-corrected chi connectivity index (χ1v) is 9.03. The van der Waals surface area contributed by atoms with Gasteiger partial charge in [0.15, 0.2) is 5.78 Å². The Morgan fingerprint density at radius 3 is 2.54 bits per heavy atom. The molecule has 1 aromatic heterocycles. The summed E-state index contributed by atoms with van der Waals surface area (Å²) in [7, 11) is 1.60. The number of Topliss-reactive ketones (excluding diaryl/α,β-unsaturated/α-hetero) is 1. The number of urea groups is 1. The molecule has 0 spiro atoms. The summed E-state index contributed by atoms with van der Waals surface area (Å²) >= 11 is 0. The second-order valence-electron chi connectivity index (χ2n) is 7.06. The zero-order chi connectivity index (χ0) is 19.3. The van der Waals surface area contributed by atoms with Crippen molar-refractivity contribution in [1.82, 2.24) is 14.4 Å². The smallest absolute Gasteiger partial charge is 0.298 e. The number of amides is 3. The van der Waals surface area contributed by atoms with E-state index in [0.717, 1.165) is 35.7 Å². The molecule has 1 fully saturated rings. The Morgan fingerprint density at radius 2 is 1.96 bits per heavy atom. The van der Waals surface area contributed by atoms with Crippen LogP contribution in [0.1, 0.15) is 51.0 Å². The maximum atomic E-state index is 13.2. The van der Waals surface area contributed by atoms with Gasteiger partial charge in [0.2, 0.25) is 11.9 Å². The van der Waals surface area contributed by atoms with Crippen molar-refractivity contribution in [3.8, 4) is 0 Å². The van der Waals surface area contributed by atoms with Gasteiger partial charge in [0.25, 0.3) is 5.91 Å². The van der Waals surface area contributed by atoms with Gasteiger partial charge in [-0.3, -0.25) is 14.5 Å². The number of hydrogen-bond donors (Lipinski definition) is 0. The third-order valence-corrected chi connectivity index (χ3v) is 5.48. The van der Waals surface area contributed by atoms with Crippen LogP contribution >= 0.6 is 0 Å². The van der Waals surface area contributed by atoms with Gasteiger partial charge < -0.3 is 0 Å². The number of carbonyl (C=O) groups is 3. The number of carbonyl (C=O) groups excluding carboxylic acids is 3. The molecule has 8 heteroatoms. The molecule has 1 saturated heterocycles. The van der Waals surface area contributed by atoms with E-state index in [9.17, 15) is 14.4 Å². The molecule has 3 rings (SSSR count). The number of amidine groups is 1. The summed E-state index contributed by atoms with van der Waals surface area (Å²) in [5, 5.41) is 0. The van der Waals surface area contributed by atoms with Crippen LogP contribution in [0.15, 0.2) is 4.99 Å². The van der Waals surface area contributed by atoms with Crippen LogP contribution in [0.5, 0.6) is 0 Å². The summed E-state index contributed by atoms with van der Waals surface area (Å²) in [6.07, 6.45) is 2.06. The van der Waals surface area contributed by atoms with E-state index >= 15 is 0 Å². The lowest BCUT2D eigenvalue weighted by atomic mass is 10.1. The molecule has 0 aromatic carbocycles. The highest BCUT2D eigenvalue weighted by molar-refractivity contribution is 6.21. The van der Waals surface area contributed by atoms with Crippen molar-refractivity contribution in [3.63, 3.8) is 0 Å². The molecule has 3 heterocycles. The molecule has 0 bridgehead atoms. The Bertz CT molecular complexity index is 838. The van der Waals surface area contributed by atoms with E-state index in [4.69, 9.17) is 0 Å². The van der Waals surface area contributed by atoms with E-state index in [2.05, 4.69) is 16.5 Å². The number of rotatable bonds is 5. The average molecular weight is 360 g/mol. The third-order valence-electron chi connectivity index (χ3n) is 5.48. The molecule has 0 N–H and O–H groups in total. The van der Waals surface area contributed by atoms with Crippen LogP contribution in [-0.4, -0.2) is 51.0 Å². The zero-order valence-electron chi connectivity index (χ0n) is 16.2. The Morgan fingerprint density at radius 1 is 1.31 bits per heavy atom. The fourth-order valence-electron chi connectivity index (χ4n) is 3.59. The number of fused-ring (bicyclic) bond motifs is 3. The van der Waals surface area contributed by atoms with Crippen LogP contribution in [0, 0.1) is 13.8 Å². The van der Waals surface area contributed by atoms with Crippen LogP contribution in [0.2, 0.25) is 0 Å². The van der Waals surface area contributed by atoms with Gasteiger partial charge in [0.1, 0.15) is 11.4 Å². The van der Waals surface area contributed by atoms with E-state index in [1.807, 2.05) is 18.4 Å². The van der Waals surface area contributed by atoms with Crippen molar-refractivity contribution in [2.45, 2.75) is 66.1 Å². The summed E-state index contributed by atoms with van der Waals surface area (Å²) in [6, 6.07) is -2.00. The first-order chi connectivity index (χ1) is 12.2. The minimum absolute atomic E-state index is 0.225. The molecule has 0 radical (unpaired) electrons. The number of ketones is 1. The van der Waals surface area contributed by atoms with Gasteiger partial charge in [0, 0.05) is 7.05 Å². The molecule has 0 saturated carbocycles. The van der Waals surface area contributed by atoms with Crippen molar-refractivity contribution >= 4 is 29.5 Å². The van der Waals surface area contributed by atoms with Crippen molar-refractivity contribution < 1.29 is 19.0 Å². The lowest BCUT2D eigenvalue weighted by Gasteiger charge is -2.35. The lowest BCUT2D eigenvalue weighted by molar-refractivity contribution is -0.689. The summed E-state index contributed by atoms with van der Waals surface area (Å²) in [6.45, 7) is 9.89. The largest absolute Gasteiger partial charge is 0.402 e. The Balaban J connectivity index is 2.12. The maximum Gasteiger partial charge on any atom is 0.402 e. The minimum Gasteiger partial charge on any atom is -0.298 e. The number of imidazole rings is 1. The van der Waals surface area contributed by atoms with Crippen molar-refractivity contribution in [2.24, 2.45) is 4.99 Å². The molecule has 0 aliphatic carbocycles. The Hall–Kier alpha value is -2.51. The third kappa shape index (κ3) is 2.39. The van der Waals surface area contributed by atoms with Crippen LogP contribution in [0.4, 0.5) is 10.7 Å². The van der Waals surface area contributed by atoms with E-state index in [0.29, 0.717) is 11.8 Å².